The summed E-state index contributed by atoms with van der Waals surface area (Å²) in [5, 5.41) is 10.8. The molecule has 0 atom stereocenters. The number of amides is 1. The van der Waals surface area contributed by atoms with Gasteiger partial charge in [-0.1, -0.05) is 53.5 Å². The maximum Gasteiger partial charge on any atom is 0.264 e. The van der Waals surface area contributed by atoms with Crippen LogP contribution in [0.25, 0.3) is 6.08 Å². The van der Waals surface area contributed by atoms with Gasteiger partial charge in [0.15, 0.2) is 0 Å². The van der Waals surface area contributed by atoms with Crippen LogP contribution in [0.1, 0.15) is 11.1 Å². The van der Waals surface area contributed by atoms with Crippen LogP contribution in [0.5, 0.6) is 5.75 Å². The summed E-state index contributed by atoms with van der Waals surface area (Å²) < 4.78 is 6.78. The number of hydrogen-bond donors (Lipinski definition) is 0. The van der Waals surface area contributed by atoms with Gasteiger partial charge in [0.2, 0.25) is 0 Å². The second kappa shape index (κ2) is 11.8. The average Bonchev–Trinajstić information content (AvgIpc) is 2.88. The van der Waals surface area contributed by atoms with Crippen molar-refractivity contribution in [1.82, 2.24) is 4.90 Å². The number of hydrogen-bond acceptors (Lipinski definition) is 4. The number of carbonyl (C=O) groups is 1. The van der Waals surface area contributed by atoms with Gasteiger partial charge in [0.05, 0.1) is 3.57 Å². The van der Waals surface area contributed by atoms with Crippen molar-refractivity contribution in [2.45, 2.75) is 6.61 Å². The van der Waals surface area contributed by atoms with Gasteiger partial charge in [-0.2, -0.15) is 5.26 Å². The normalized spacial score (nSPS) is 13.9. The van der Waals surface area contributed by atoms with E-state index >= 15 is 0 Å². The molecule has 0 N–H and O–H groups in total. The summed E-state index contributed by atoms with van der Waals surface area (Å²) >= 11 is 14.4. The van der Waals surface area contributed by atoms with Crippen LogP contribution in [0.2, 0.25) is 10.0 Å². The molecular formula is C27H22Cl2IN3O2. The Morgan fingerprint density at radius 2 is 1.77 bits per heavy atom. The fourth-order valence-electron chi connectivity index (χ4n) is 3.80. The maximum atomic E-state index is 13.0. The minimum Gasteiger partial charge on any atom is -0.488 e. The van der Waals surface area contributed by atoms with E-state index in [-0.39, 0.29) is 11.5 Å². The van der Waals surface area contributed by atoms with Gasteiger partial charge in [0, 0.05) is 47.5 Å². The SMILES string of the molecule is N#C/C(=C/c1ccc(OCc2ccc(Cl)cc2Cl)c(I)c1)C(=O)N1CCN(c2ccccc2)CC1. The highest BCUT2D eigenvalue weighted by Crippen LogP contribution is 2.27. The van der Waals surface area contributed by atoms with Crippen LogP contribution in [0.3, 0.4) is 0 Å². The fraction of sp³-hybridized carbons (Fsp3) is 0.185. The van der Waals surface area contributed by atoms with Crippen LogP contribution in [-0.4, -0.2) is 37.0 Å². The second-order valence-corrected chi connectivity index (χ2v) is 10.0. The predicted octanol–water partition coefficient (Wildman–Crippen LogP) is 6.43. The summed E-state index contributed by atoms with van der Waals surface area (Å²) in [5.41, 5.74) is 2.86. The Hall–Kier alpha value is -2.73. The molecule has 8 heteroatoms. The Balaban J connectivity index is 1.40. The van der Waals surface area contributed by atoms with Crippen molar-refractivity contribution in [1.29, 1.82) is 5.26 Å². The molecule has 1 saturated heterocycles. The zero-order chi connectivity index (χ0) is 24.8. The number of ether oxygens (including phenoxy) is 1. The van der Waals surface area contributed by atoms with Crippen LogP contribution in [-0.2, 0) is 11.4 Å². The third-order valence-corrected chi connectivity index (χ3v) is 7.13. The first kappa shape index (κ1) is 25.4. The number of carbonyl (C=O) groups excluding carboxylic acids is 1. The molecule has 0 radical (unpaired) electrons. The summed E-state index contributed by atoms with van der Waals surface area (Å²) in [5.74, 6) is 0.448. The molecule has 4 rings (SSSR count). The molecule has 35 heavy (non-hydrogen) atoms. The van der Waals surface area contributed by atoms with E-state index in [0.29, 0.717) is 35.5 Å². The van der Waals surface area contributed by atoms with Crippen molar-refractivity contribution in [2.75, 3.05) is 31.1 Å². The summed E-state index contributed by atoms with van der Waals surface area (Å²) in [7, 11) is 0. The Kier molecular flexibility index (Phi) is 8.55. The quantitative estimate of drug-likeness (QED) is 0.182. The Labute approximate surface area is 228 Å². The van der Waals surface area contributed by atoms with E-state index in [1.807, 2.05) is 42.5 Å². The molecule has 3 aromatic rings. The number of halogens is 3. The van der Waals surface area contributed by atoms with Gasteiger partial charge in [-0.25, -0.2) is 0 Å². The molecule has 5 nitrogen and oxygen atoms in total. The summed E-state index contributed by atoms with van der Waals surface area (Å²) in [6.07, 6.45) is 1.63. The number of nitrogens with zero attached hydrogens (tertiary/aromatic N) is 3. The molecule has 0 aromatic heterocycles. The highest BCUT2D eigenvalue weighted by molar-refractivity contribution is 14.1. The van der Waals surface area contributed by atoms with Crippen molar-refractivity contribution in [3.05, 3.63) is 97.0 Å². The lowest BCUT2D eigenvalue weighted by molar-refractivity contribution is -0.126. The van der Waals surface area contributed by atoms with Crippen molar-refractivity contribution < 1.29 is 9.53 Å². The van der Waals surface area contributed by atoms with Gasteiger partial charge in [0.25, 0.3) is 5.91 Å². The Bertz CT molecular complexity index is 1280. The van der Waals surface area contributed by atoms with Crippen molar-refractivity contribution in [3.8, 4) is 11.8 Å². The zero-order valence-corrected chi connectivity index (χ0v) is 22.4. The molecule has 0 bridgehead atoms. The molecule has 0 aliphatic carbocycles. The average molecular weight is 618 g/mol. The van der Waals surface area contributed by atoms with E-state index < -0.39 is 0 Å². The monoisotopic (exact) mass is 617 g/mol. The summed E-state index contributed by atoms with van der Waals surface area (Å²) in [6.45, 7) is 2.92. The van der Waals surface area contributed by atoms with Crippen LogP contribution < -0.4 is 9.64 Å². The minimum atomic E-state index is -0.243. The van der Waals surface area contributed by atoms with Crippen molar-refractivity contribution in [2.24, 2.45) is 0 Å². The van der Waals surface area contributed by atoms with Crippen LogP contribution >= 0.6 is 45.8 Å². The number of anilines is 1. The number of para-hydroxylation sites is 1. The van der Waals surface area contributed by atoms with E-state index in [1.54, 1.807) is 23.1 Å². The molecule has 0 saturated carbocycles. The fourth-order valence-corrected chi connectivity index (χ4v) is 4.96. The Morgan fingerprint density at radius 3 is 2.43 bits per heavy atom. The van der Waals surface area contributed by atoms with Gasteiger partial charge in [-0.15, -0.1) is 0 Å². The molecule has 1 fully saturated rings. The molecule has 0 spiro atoms. The minimum absolute atomic E-state index is 0.121. The highest BCUT2D eigenvalue weighted by Gasteiger charge is 2.24. The number of benzene rings is 3. The third-order valence-electron chi connectivity index (χ3n) is 5.70. The largest absolute Gasteiger partial charge is 0.488 e. The van der Waals surface area contributed by atoms with Gasteiger partial charge < -0.3 is 14.5 Å². The van der Waals surface area contributed by atoms with Gasteiger partial charge in [-0.05, 0) is 70.6 Å². The lowest BCUT2D eigenvalue weighted by atomic mass is 10.1. The van der Waals surface area contributed by atoms with E-state index in [4.69, 9.17) is 27.9 Å². The second-order valence-electron chi connectivity index (χ2n) is 8.00. The standard InChI is InChI=1S/C27H22Cl2IN3O2/c28-22-8-7-20(24(29)16-22)18-35-26-9-6-19(15-25(26)30)14-21(17-31)27(34)33-12-10-32(11-13-33)23-4-2-1-3-5-23/h1-9,14-16H,10-13,18H2/b21-14-. The van der Waals surface area contributed by atoms with E-state index in [0.717, 1.165) is 33.5 Å². The lowest BCUT2D eigenvalue weighted by Gasteiger charge is -2.36. The third kappa shape index (κ3) is 6.49. The van der Waals surface area contributed by atoms with Crippen LogP contribution in [0.4, 0.5) is 5.69 Å². The Morgan fingerprint density at radius 1 is 1.03 bits per heavy atom. The smallest absolute Gasteiger partial charge is 0.264 e. The van der Waals surface area contributed by atoms with Crippen molar-refractivity contribution >= 4 is 63.5 Å². The van der Waals surface area contributed by atoms with Gasteiger partial charge in [0.1, 0.15) is 24.0 Å². The first-order chi connectivity index (χ1) is 16.9. The molecular weight excluding hydrogens is 596 g/mol. The number of nitriles is 1. The number of rotatable bonds is 6. The molecule has 1 heterocycles. The molecule has 1 aliphatic heterocycles. The van der Waals surface area contributed by atoms with Crippen LogP contribution in [0.15, 0.2) is 72.3 Å². The lowest BCUT2D eigenvalue weighted by Crippen LogP contribution is -2.49. The van der Waals surface area contributed by atoms with E-state index in [1.165, 1.54) is 0 Å². The predicted molar refractivity (Wildman–Crippen MR) is 149 cm³/mol. The number of piperazine rings is 1. The maximum absolute atomic E-state index is 13.0. The van der Waals surface area contributed by atoms with E-state index in [2.05, 4.69) is 45.7 Å². The highest BCUT2D eigenvalue weighted by atomic mass is 127. The molecule has 3 aromatic carbocycles. The van der Waals surface area contributed by atoms with Gasteiger partial charge >= 0.3 is 0 Å². The molecule has 178 valence electrons. The van der Waals surface area contributed by atoms with Crippen LogP contribution in [0, 0.1) is 14.9 Å². The molecule has 1 amide bonds. The summed E-state index contributed by atoms with van der Waals surface area (Å²) in [4.78, 5) is 17.0. The molecule has 0 unspecified atom stereocenters. The molecule has 1 aliphatic rings. The zero-order valence-electron chi connectivity index (χ0n) is 18.8. The topological polar surface area (TPSA) is 56.6 Å². The van der Waals surface area contributed by atoms with Gasteiger partial charge in [-0.3, -0.25) is 4.79 Å². The first-order valence-corrected chi connectivity index (χ1v) is 12.9. The van der Waals surface area contributed by atoms with Crippen molar-refractivity contribution in [3.63, 3.8) is 0 Å². The van der Waals surface area contributed by atoms with E-state index in [9.17, 15) is 10.1 Å². The summed E-state index contributed by atoms with van der Waals surface area (Å²) in [6, 6.07) is 23.1. The first-order valence-electron chi connectivity index (χ1n) is 11.0.